The van der Waals surface area contributed by atoms with Crippen molar-refractivity contribution in [1.82, 2.24) is 9.21 Å². The van der Waals surface area contributed by atoms with E-state index in [1.54, 1.807) is 47.4 Å². The number of carbonyl (C=O) groups excluding carboxylic acids is 1. The maximum Gasteiger partial charge on any atom is 0.254 e. The SMILES string of the molecule is C=CCN(Cc1ccc(C#N)cc1)C(=O)c1ccc(Br)c(S(=O)(=O)N(C)C)c1. The van der Waals surface area contributed by atoms with Gasteiger partial charge in [-0.05, 0) is 51.8 Å². The van der Waals surface area contributed by atoms with Crippen LogP contribution >= 0.6 is 15.9 Å². The van der Waals surface area contributed by atoms with Crippen molar-refractivity contribution in [1.29, 1.82) is 5.26 Å². The number of rotatable bonds is 7. The topological polar surface area (TPSA) is 81.5 Å². The summed E-state index contributed by atoms with van der Waals surface area (Å²) < 4.78 is 26.5. The summed E-state index contributed by atoms with van der Waals surface area (Å²) in [6.45, 7) is 4.30. The van der Waals surface area contributed by atoms with Gasteiger partial charge in [-0.15, -0.1) is 6.58 Å². The average Bonchev–Trinajstić information content (AvgIpc) is 2.67. The van der Waals surface area contributed by atoms with Crippen LogP contribution in [0.3, 0.4) is 0 Å². The van der Waals surface area contributed by atoms with Gasteiger partial charge in [0.15, 0.2) is 0 Å². The standard InChI is InChI=1S/C20H20BrN3O3S/c1-4-11-24(14-16-7-5-15(13-22)6-8-16)20(25)17-9-10-18(21)19(12-17)28(26,27)23(2)3/h4-10,12H,1,11,14H2,2-3H3. The van der Waals surface area contributed by atoms with Gasteiger partial charge in [-0.3, -0.25) is 4.79 Å². The van der Waals surface area contributed by atoms with Crippen LogP contribution in [0.25, 0.3) is 0 Å². The Morgan fingerprint density at radius 2 is 1.86 bits per heavy atom. The van der Waals surface area contributed by atoms with Gasteiger partial charge in [0.1, 0.15) is 0 Å². The Hall–Kier alpha value is -2.47. The number of nitriles is 1. The second-order valence-electron chi connectivity index (χ2n) is 6.22. The molecule has 0 fully saturated rings. The van der Waals surface area contributed by atoms with Crippen LogP contribution in [0.4, 0.5) is 0 Å². The van der Waals surface area contributed by atoms with Crippen LogP contribution in [0, 0.1) is 11.3 Å². The Morgan fingerprint density at radius 1 is 1.21 bits per heavy atom. The van der Waals surface area contributed by atoms with E-state index in [9.17, 15) is 13.2 Å². The van der Waals surface area contributed by atoms with Crippen LogP contribution < -0.4 is 0 Å². The van der Waals surface area contributed by atoms with Gasteiger partial charge in [-0.1, -0.05) is 18.2 Å². The minimum atomic E-state index is -3.70. The highest BCUT2D eigenvalue weighted by Crippen LogP contribution is 2.26. The highest BCUT2D eigenvalue weighted by atomic mass is 79.9. The normalized spacial score (nSPS) is 11.1. The molecule has 0 N–H and O–H groups in total. The van der Waals surface area contributed by atoms with E-state index in [1.807, 2.05) is 0 Å². The van der Waals surface area contributed by atoms with Crippen molar-refractivity contribution in [2.24, 2.45) is 0 Å². The number of amides is 1. The molecule has 0 aliphatic heterocycles. The third-order valence-corrected chi connectivity index (χ3v) is 6.84. The molecular weight excluding hydrogens is 442 g/mol. The molecule has 6 nitrogen and oxygen atoms in total. The number of carbonyl (C=O) groups is 1. The fourth-order valence-corrected chi connectivity index (χ4v) is 4.34. The predicted octanol–water partition coefficient (Wildman–Crippen LogP) is 3.40. The summed E-state index contributed by atoms with van der Waals surface area (Å²) in [6, 6.07) is 13.5. The molecule has 0 radical (unpaired) electrons. The molecule has 2 rings (SSSR count). The number of benzene rings is 2. The molecule has 28 heavy (non-hydrogen) atoms. The Balaban J connectivity index is 2.37. The van der Waals surface area contributed by atoms with Gasteiger partial charge in [0.05, 0.1) is 16.5 Å². The zero-order chi connectivity index (χ0) is 20.9. The van der Waals surface area contributed by atoms with Gasteiger partial charge in [-0.2, -0.15) is 5.26 Å². The number of halogens is 1. The Labute approximate surface area is 173 Å². The van der Waals surface area contributed by atoms with Crippen LogP contribution in [0.15, 0.2) is 64.5 Å². The minimum absolute atomic E-state index is 0.0280. The van der Waals surface area contributed by atoms with Gasteiger partial charge in [0, 0.05) is 37.2 Å². The van der Waals surface area contributed by atoms with Crippen LogP contribution in [0.1, 0.15) is 21.5 Å². The molecule has 0 aromatic heterocycles. The molecule has 2 aromatic rings. The van der Waals surface area contributed by atoms with Crippen molar-refractivity contribution >= 4 is 31.9 Å². The summed E-state index contributed by atoms with van der Waals surface area (Å²) in [7, 11) is -0.832. The van der Waals surface area contributed by atoms with E-state index in [0.29, 0.717) is 23.1 Å². The van der Waals surface area contributed by atoms with E-state index in [0.717, 1.165) is 9.87 Å². The summed E-state index contributed by atoms with van der Waals surface area (Å²) in [5.41, 5.74) is 1.66. The maximum atomic E-state index is 13.0. The zero-order valence-corrected chi connectivity index (χ0v) is 18.0. The lowest BCUT2D eigenvalue weighted by molar-refractivity contribution is 0.0762. The summed E-state index contributed by atoms with van der Waals surface area (Å²) in [4.78, 5) is 14.6. The van der Waals surface area contributed by atoms with Crippen LogP contribution in [-0.4, -0.2) is 44.2 Å². The first-order valence-corrected chi connectivity index (χ1v) is 10.5. The second kappa shape index (κ2) is 9.15. The van der Waals surface area contributed by atoms with Crippen molar-refractivity contribution in [3.63, 3.8) is 0 Å². The molecule has 0 atom stereocenters. The van der Waals surface area contributed by atoms with Crippen molar-refractivity contribution in [2.75, 3.05) is 20.6 Å². The first-order chi connectivity index (χ1) is 13.2. The van der Waals surface area contributed by atoms with E-state index in [1.165, 1.54) is 20.2 Å². The van der Waals surface area contributed by atoms with Crippen molar-refractivity contribution < 1.29 is 13.2 Å². The number of sulfonamides is 1. The molecule has 0 aliphatic carbocycles. The molecule has 146 valence electrons. The third-order valence-electron chi connectivity index (χ3n) is 4.03. The van der Waals surface area contributed by atoms with E-state index >= 15 is 0 Å². The summed E-state index contributed by atoms with van der Waals surface area (Å²) >= 11 is 3.25. The van der Waals surface area contributed by atoms with Gasteiger partial charge in [0.2, 0.25) is 10.0 Å². The molecule has 1 amide bonds. The molecule has 0 saturated heterocycles. The summed E-state index contributed by atoms with van der Waals surface area (Å²) in [6.07, 6.45) is 1.61. The van der Waals surface area contributed by atoms with E-state index < -0.39 is 10.0 Å². The molecule has 0 saturated carbocycles. The highest BCUT2D eigenvalue weighted by Gasteiger charge is 2.23. The lowest BCUT2D eigenvalue weighted by Crippen LogP contribution is -2.31. The van der Waals surface area contributed by atoms with Gasteiger partial charge >= 0.3 is 0 Å². The minimum Gasteiger partial charge on any atom is -0.331 e. The number of hydrogen-bond acceptors (Lipinski definition) is 4. The largest absolute Gasteiger partial charge is 0.331 e. The molecule has 0 aliphatic rings. The smallest absolute Gasteiger partial charge is 0.254 e. The number of nitrogens with zero attached hydrogens (tertiary/aromatic N) is 3. The first-order valence-electron chi connectivity index (χ1n) is 8.32. The molecule has 2 aromatic carbocycles. The predicted molar refractivity (Wildman–Crippen MR) is 111 cm³/mol. The Morgan fingerprint density at radius 3 is 2.39 bits per heavy atom. The molecule has 0 heterocycles. The lowest BCUT2D eigenvalue weighted by Gasteiger charge is -2.22. The highest BCUT2D eigenvalue weighted by molar-refractivity contribution is 9.10. The second-order valence-corrected chi connectivity index (χ2v) is 9.19. The van der Waals surface area contributed by atoms with Gasteiger partial charge < -0.3 is 4.90 Å². The average molecular weight is 462 g/mol. The Kier molecular flexibility index (Phi) is 7.13. The fraction of sp³-hybridized carbons (Fsp3) is 0.200. The maximum absolute atomic E-state index is 13.0. The van der Waals surface area contributed by atoms with E-state index in [4.69, 9.17) is 5.26 Å². The molecular formula is C20H20BrN3O3S. The van der Waals surface area contributed by atoms with E-state index in [-0.39, 0.29) is 16.4 Å². The molecule has 0 bridgehead atoms. The Bertz CT molecular complexity index is 1030. The van der Waals surface area contributed by atoms with Crippen molar-refractivity contribution in [2.45, 2.75) is 11.4 Å². The van der Waals surface area contributed by atoms with Gasteiger partial charge in [0.25, 0.3) is 5.91 Å². The van der Waals surface area contributed by atoms with Crippen LogP contribution in [0.2, 0.25) is 0 Å². The van der Waals surface area contributed by atoms with Crippen LogP contribution in [0.5, 0.6) is 0 Å². The van der Waals surface area contributed by atoms with Crippen LogP contribution in [-0.2, 0) is 16.6 Å². The molecule has 0 spiro atoms. The fourth-order valence-electron chi connectivity index (χ4n) is 2.49. The monoisotopic (exact) mass is 461 g/mol. The number of hydrogen-bond donors (Lipinski definition) is 0. The zero-order valence-electron chi connectivity index (χ0n) is 15.6. The van der Waals surface area contributed by atoms with Crippen molar-refractivity contribution in [3.05, 3.63) is 76.3 Å². The lowest BCUT2D eigenvalue weighted by atomic mass is 10.1. The van der Waals surface area contributed by atoms with Gasteiger partial charge in [-0.25, -0.2) is 12.7 Å². The molecule has 8 heteroatoms. The van der Waals surface area contributed by atoms with Crippen molar-refractivity contribution in [3.8, 4) is 6.07 Å². The van der Waals surface area contributed by atoms with E-state index in [2.05, 4.69) is 28.6 Å². The molecule has 0 unspecified atom stereocenters. The quantitative estimate of drug-likeness (QED) is 0.591. The first kappa shape index (κ1) is 21.8. The third kappa shape index (κ3) is 4.87. The summed E-state index contributed by atoms with van der Waals surface area (Å²) in [5, 5.41) is 8.90. The summed E-state index contributed by atoms with van der Waals surface area (Å²) in [5.74, 6) is -0.313.